The summed E-state index contributed by atoms with van der Waals surface area (Å²) in [6.45, 7) is 0. The van der Waals surface area contributed by atoms with Crippen LogP contribution in [0.1, 0.15) is 22.3 Å². The van der Waals surface area contributed by atoms with Gasteiger partial charge in [-0.15, -0.1) is 12.4 Å². The molecule has 0 spiro atoms. The minimum atomic E-state index is 0. The number of nitrogens with zero attached hydrogens (tertiary/aromatic N) is 4. The van der Waals surface area contributed by atoms with Crippen molar-refractivity contribution in [2.24, 2.45) is 20.0 Å². The number of hydrogen-bond donors (Lipinski definition) is 0. The molecule has 10 heteroatoms. The molecule has 5 aliphatic heterocycles. The van der Waals surface area contributed by atoms with Crippen LogP contribution in [0.5, 0.6) is 23.0 Å². The quantitative estimate of drug-likeness (QED) is 0.166. The van der Waals surface area contributed by atoms with E-state index in [1.54, 1.807) is 28.4 Å². The van der Waals surface area contributed by atoms with E-state index in [4.69, 9.17) is 38.9 Å². The first-order valence-corrected chi connectivity index (χ1v) is 18.2. The molecule has 4 aromatic carbocycles. The molecule has 0 radical (unpaired) electrons. The SMILES string of the molecule is COc1ccc(C2=C3C=CC(=N3)C(c3ccc(OC)cc3)=C3C=CC(=N3)C(c3ccc(OC)cc3)=C3C=CC(=N3)C(c3ccc(OC)cc3)=C3C=CC2=N3)cc1.Cl.[Fe]. The van der Waals surface area contributed by atoms with Crippen molar-refractivity contribution < 1.29 is 36.0 Å². The van der Waals surface area contributed by atoms with Crippen LogP contribution in [0.15, 0.2) is 188 Å². The number of benzene rings is 4. The maximum Gasteiger partial charge on any atom is 0.118 e. The molecule has 4 aromatic rings. The van der Waals surface area contributed by atoms with Crippen molar-refractivity contribution in [2.45, 2.75) is 0 Å². The molecule has 0 N–H and O–H groups in total. The van der Waals surface area contributed by atoms with Gasteiger partial charge in [0.05, 0.1) is 74.1 Å². The van der Waals surface area contributed by atoms with Crippen molar-refractivity contribution in [1.82, 2.24) is 0 Å². The van der Waals surface area contributed by atoms with Crippen LogP contribution in [0.2, 0.25) is 0 Å². The van der Waals surface area contributed by atoms with Crippen LogP contribution in [0, 0.1) is 0 Å². The Morgan fingerprint density at radius 3 is 0.655 bits per heavy atom. The Morgan fingerprint density at radius 2 is 0.483 bits per heavy atom. The summed E-state index contributed by atoms with van der Waals surface area (Å²) in [5.74, 6) is 3.06. The van der Waals surface area contributed by atoms with E-state index in [0.29, 0.717) is 0 Å². The van der Waals surface area contributed by atoms with Gasteiger partial charge in [-0.2, -0.15) is 0 Å². The van der Waals surface area contributed by atoms with Gasteiger partial charge in [0, 0.05) is 39.4 Å². The smallest absolute Gasteiger partial charge is 0.118 e. The van der Waals surface area contributed by atoms with Gasteiger partial charge < -0.3 is 18.9 Å². The fourth-order valence-electron chi connectivity index (χ4n) is 7.30. The summed E-state index contributed by atoms with van der Waals surface area (Å²) in [4.78, 5) is 21.4. The predicted octanol–water partition coefficient (Wildman–Crippen LogP) is 10.1. The molecule has 0 aliphatic carbocycles. The van der Waals surface area contributed by atoms with E-state index in [1.807, 2.05) is 97.1 Å². The van der Waals surface area contributed by atoms with Crippen LogP contribution < -0.4 is 18.9 Å². The van der Waals surface area contributed by atoms with Crippen molar-refractivity contribution in [1.29, 1.82) is 0 Å². The first kappa shape index (κ1) is 39.7. The number of allylic oxidation sites excluding steroid dienone is 12. The Hall–Kier alpha value is -6.51. The molecular formula is C48H37ClFeN4O4. The number of hydrogen-bond acceptors (Lipinski definition) is 8. The van der Waals surface area contributed by atoms with E-state index in [0.717, 1.165) is 113 Å². The zero-order valence-electron chi connectivity index (χ0n) is 32.0. The zero-order chi connectivity index (χ0) is 38.2. The minimum absolute atomic E-state index is 0. The van der Waals surface area contributed by atoms with E-state index in [-0.39, 0.29) is 29.5 Å². The van der Waals surface area contributed by atoms with E-state index >= 15 is 0 Å². The third kappa shape index (κ3) is 7.39. The Morgan fingerprint density at radius 1 is 0.293 bits per heavy atom. The van der Waals surface area contributed by atoms with Crippen LogP contribution in [-0.2, 0) is 17.1 Å². The largest absolute Gasteiger partial charge is 0.497 e. The number of methoxy groups -OCH3 is 4. The van der Waals surface area contributed by atoms with Crippen LogP contribution in [0.4, 0.5) is 0 Å². The molecule has 0 saturated heterocycles. The van der Waals surface area contributed by atoms with E-state index in [2.05, 4.69) is 48.6 Å². The van der Waals surface area contributed by atoms with Crippen molar-refractivity contribution in [2.75, 3.05) is 28.4 Å². The van der Waals surface area contributed by atoms with Gasteiger partial charge in [0.25, 0.3) is 0 Å². The Labute approximate surface area is 354 Å². The Kier molecular flexibility index (Phi) is 11.6. The molecule has 0 atom stereocenters. The molecule has 5 heterocycles. The third-order valence-electron chi connectivity index (χ3n) is 10.1. The first-order chi connectivity index (χ1) is 27.5. The molecule has 8 nitrogen and oxygen atoms in total. The summed E-state index contributed by atoms with van der Waals surface area (Å²) in [5, 5.41) is 0. The van der Waals surface area contributed by atoms with Gasteiger partial charge in [-0.3, -0.25) is 0 Å². The van der Waals surface area contributed by atoms with Crippen molar-refractivity contribution in [3.8, 4) is 23.0 Å². The zero-order valence-corrected chi connectivity index (χ0v) is 34.0. The second-order valence-electron chi connectivity index (χ2n) is 13.3. The van der Waals surface area contributed by atoms with E-state index in [1.165, 1.54) is 0 Å². The monoisotopic (exact) mass is 824 g/mol. The molecule has 0 aromatic heterocycles. The maximum atomic E-state index is 5.52. The molecular weight excluding hydrogens is 788 g/mol. The standard InChI is InChI=1S/C48H36N4O4.ClH.Fe/c1-53-33-13-5-29(6-14-33)45-37-21-23-39(49-37)46(30-7-15-34(54-2)16-8-30)41-25-27-43(51-41)48(32-11-19-36(56-4)20-12-32)44-28-26-42(52-44)47(40-24-22-38(45)50-40)31-9-17-35(55-3)18-10-31;;/h5-28H,1-4H3;1H;. The molecule has 0 amide bonds. The summed E-state index contributed by atoms with van der Waals surface area (Å²) in [7, 11) is 6.67. The van der Waals surface area contributed by atoms with Crippen molar-refractivity contribution >= 4 is 57.5 Å². The van der Waals surface area contributed by atoms with Crippen LogP contribution in [0.3, 0.4) is 0 Å². The molecule has 5 aliphatic rings. The number of rotatable bonds is 8. The molecule has 0 saturated carbocycles. The minimum Gasteiger partial charge on any atom is -0.497 e. The van der Waals surface area contributed by atoms with Gasteiger partial charge >= 0.3 is 0 Å². The van der Waals surface area contributed by atoms with Gasteiger partial charge in [0.1, 0.15) is 23.0 Å². The van der Waals surface area contributed by atoms with E-state index in [9.17, 15) is 0 Å². The average Bonchev–Trinajstić information content (AvgIpc) is 4.10. The van der Waals surface area contributed by atoms with Crippen LogP contribution in [-0.4, -0.2) is 51.3 Å². The topological polar surface area (TPSA) is 86.4 Å². The Balaban J connectivity index is 0.00000256. The number of ether oxygens (including phenoxy) is 4. The average molecular weight is 825 g/mol. The van der Waals surface area contributed by atoms with Crippen LogP contribution in [0.25, 0.3) is 22.3 Å². The van der Waals surface area contributed by atoms with Gasteiger partial charge in [-0.25, -0.2) is 20.0 Å². The van der Waals surface area contributed by atoms with Gasteiger partial charge in [0.2, 0.25) is 0 Å². The molecule has 8 bridgehead atoms. The Bertz CT molecular complexity index is 2300. The van der Waals surface area contributed by atoms with Crippen molar-refractivity contribution in [3.63, 3.8) is 0 Å². The van der Waals surface area contributed by atoms with Crippen LogP contribution >= 0.6 is 12.4 Å². The summed E-state index contributed by atoms with van der Waals surface area (Å²) < 4.78 is 22.1. The summed E-state index contributed by atoms with van der Waals surface area (Å²) in [6, 6.07) is 32.0. The number of aliphatic imine (C=N–C) groups is 4. The summed E-state index contributed by atoms with van der Waals surface area (Å²) in [6.07, 6.45) is 16.5. The third-order valence-corrected chi connectivity index (χ3v) is 10.1. The molecule has 0 unspecified atom stereocenters. The number of halogens is 1. The second kappa shape index (κ2) is 16.9. The second-order valence-corrected chi connectivity index (χ2v) is 13.3. The maximum absolute atomic E-state index is 5.52. The number of fused-ring (bicyclic) bond motifs is 4. The fourth-order valence-corrected chi connectivity index (χ4v) is 7.30. The van der Waals surface area contributed by atoms with Crippen molar-refractivity contribution in [3.05, 3.63) is 191 Å². The summed E-state index contributed by atoms with van der Waals surface area (Å²) in [5.41, 5.74) is 13.7. The van der Waals surface area contributed by atoms with Gasteiger partial charge in [-0.05, 0) is 119 Å². The normalized spacial score (nSPS) is 16.2. The fraction of sp³-hybridized carbons (Fsp3) is 0.0833. The van der Waals surface area contributed by atoms with Gasteiger partial charge in [-0.1, -0.05) is 48.5 Å². The first-order valence-electron chi connectivity index (χ1n) is 18.2. The molecule has 0 fully saturated rings. The summed E-state index contributed by atoms with van der Waals surface area (Å²) >= 11 is 0. The molecule has 9 rings (SSSR count). The molecule has 58 heavy (non-hydrogen) atoms. The van der Waals surface area contributed by atoms with Gasteiger partial charge in [0.15, 0.2) is 0 Å². The molecule has 288 valence electrons. The van der Waals surface area contributed by atoms with E-state index < -0.39 is 0 Å². The predicted molar refractivity (Wildman–Crippen MR) is 233 cm³/mol.